The molecule has 1 N–H and O–H groups in total. The van der Waals surface area contributed by atoms with E-state index < -0.39 is 18.7 Å². The van der Waals surface area contributed by atoms with Crippen LogP contribution in [0, 0.1) is 0 Å². The smallest absolute Gasteiger partial charge is 0.267 e. The van der Waals surface area contributed by atoms with Crippen molar-refractivity contribution < 1.29 is 22.8 Å². The largest absolute Gasteiger partial charge is 0.414 e. The Hall–Kier alpha value is -1.67. The monoisotopic (exact) mass is 276 g/mol. The molecule has 0 unspecified atom stereocenters. The standard InChI is InChI=1S/C10H7F3N2O2S/c11-10(12,13)4-17-15-9(16)6-1-2-7-8(3-6)18-5-14-7/h1-3,5H,4H2,(H,15,16). The molecule has 0 aliphatic carbocycles. The number of alkyl halides is 3. The summed E-state index contributed by atoms with van der Waals surface area (Å²) in [4.78, 5) is 19.6. The fourth-order valence-electron chi connectivity index (χ4n) is 1.24. The third-order valence-electron chi connectivity index (χ3n) is 1.99. The summed E-state index contributed by atoms with van der Waals surface area (Å²) in [6.45, 7) is -1.53. The fourth-order valence-corrected chi connectivity index (χ4v) is 1.96. The van der Waals surface area contributed by atoms with E-state index in [0.29, 0.717) is 0 Å². The number of rotatable bonds is 3. The van der Waals surface area contributed by atoms with E-state index in [2.05, 4.69) is 9.82 Å². The number of aromatic nitrogens is 1. The van der Waals surface area contributed by atoms with Crippen LogP contribution in [0.2, 0.25) is 0 Å². The summed E-state index contributed by atoms with van der Waals surface area (Å²) >= 11 is 1.34. The molecule has 2 rings (SSSR count). The second-order valence-electron chi connectivity index (χ2n) is 3.37. The maximum Gasteiger partial charge on any atom is 0.414 e. The van der Waals surface area contributed by atoms with Crippen LogP contribution in [-0.2, 0) is 4.84 Å². The molecule has 96 valence electrons. The van der Waals surface area contributed by atoms with Crippen LogP contribution >= 0.6 is 11.3 Å². The molecule has 0 spiro atoms. The zero-order valence-electron chi connectivity index (χ0n) is 8.82. The number of nitrogens with one attached hydrogen (secondary N) is 1. The number of fused-ring (bicyclic) bond motifs is 1. The van der Waals surface area contributed by atoms with Gasteiger partial charge in [0.2, 0.25) is 0 Å². The minimum absolute atomic E-state index is 0.217. The highest BCUT2D eigenvalue weighted by Crippen LogP contribution is 2.19. The van der Waals surface area contributed by atoms with Gasteiger partial charge in [0, 0.05) is 5.56 Å². The Labute approximate surface area is 103 Å². The molecule has 0 saturated heterocycles. The van der Waals surface area contributed by atoms with E-state index in [9.17, 15) is 18.0 Å². The molecule has 1 aromatic heterocycles. The van der Waals surface area contributed by atoms with Crippen molar-refractivity contribution in [1.29, 1.82) is 0 Å². The lowest BCUT2D eigenvalue weighted by atomic mass is 10.2. The van der Waals surface area contributed by atoms with Gasteiger partial charge in [0.25, 0.3) is 5.91 Å². The minimum Gasteiger partial charge on any atom is -0.267 e. The number of hydroxylamine groups is 1. The molecule has 0 bridgehead atoms. The maximum absolute atomic E-state index is 11.8. The predicted octanol–water partition coefficient (Wildman–Crippen LogP) is 2.52. The van der Waals surface area contributed by atoms with Crippen LogP contribution in [-0.4, -0.2) is 23.7 Å². The number of nitrogens with zero attached hydrogens (tertiary/aromatic N) is 1. The van der Waals surface area contributed by atoms with Gasteiger partial charge in [-0.3, -0.25) is 9.63 Å². The highest BCUT2D eigenvalue weighted by atomic mass is 32.1. The lowest BCUT2D eigenvalue weighted by molar-refractivity contribution is -0.184. The van der Waals surface area contributed by atoms with Crippen LogP contribution in [0.1, 0.15) is 10.4 Å². The Bertz CT molecular complexity index is 567. The third kappa shape index (κ3) is 3.17. The summed E-state index contributed by atoms with van der Waals surface area (Å²) < 4.78 is 36.2. The van der Waals surface area contributed by atoms with Crippen LogP contribution in [0.4, 0.5) is 13.2 Å². The fraction of sp³-hybridized carbons (Fsp3) is 0.200. The van der Waals surface area contributed by atoms with Gasteiger partial charge in [0.05, 0.1) is 15.7 Å². The number of thiazole rings is 1. The van der Waals surface area contributed by atoms with Gasteiger partial charge in [-0.1, -0.05) is 0 Å². The molecule has 0 atom stereocenters. The van der Waals surface area contributed by atoms with Crippen LogP contribution in [0.15, 0.2) is 23.7 Å². The predicted molar refractivity (Wildman–Crippen MR) is 59.1 cm³/mol. The summed E-state index contributed by atoms with van der Waals surface area (Å²) in [5, 5.41) is 0. The van der Waals surface area contributed by atoms with Gasteiger partial charge >= 0.3 is 6.18 Å². The molecule has 0 aliphatic rings. The molecule has 0 radical (unpaired) electrons. The van der Waals surface area contributed by atoms with Crippen LogP contribution in [0.3, 0.4) is 0 Å². The summed E-state index contributed by atoms with van der Waals surface area (Å²) in [7, 11) is 0. The van der Waals surface area contributed by atoms with E-state index in [1.807, 2.05) is 0 Å². The number of halogens is 3. The van der Waals surface area contributed by atoms with Crippen LogP contribution in [0.5, 0.6) is 0 Å². The molecule has 0 fully saturated rings. The van der Waals surface area contributed by atoms with Gasteiger partial charge in [0.1, 0.15) is 0 Å². The number of benzene rings is 1. The van der Waals surface area contributed by atoms with Crippen molar-refractivity contribution >= 4 is 27.5 Å². The average molecular weight is 276 g/mol. The second-order valence-corrected chi connectivity index (χ2v) is 4.26. The van der Waals surface area contributed by atoms with E-state index in [4.69, 9.17) is 0 Å². The third-order valence-corrected chi connectivity index (χ3v) is 2.79. The lowest BCUT2D eigenvalue weighted by Gasteiger charge is -2.08. The molecule has 2 aromatic rings. The lowest BCUT2D eigenvalue weighted by Crippen LogP contribution is -2.29. The minimum atomic E-state index is -4.48. The van der Waals surface area contributed by atoms with Gasteiger partial charge in [-0.2, -0.15) is 13.2 Å². The summed E-state index contributed by atoms with van der Waals surface area (Å²) in [5.41, 5.74) is 4.30. The SMILES string of the molecule is O=C(NOCC(F)(F)F)c1ccc2ncsc2c1. The van der Waals surface area contributed by atoms with Crippen molar-refractivity contribution in [2.45, 2.75) is 6.18 Å². The van der Waals surface area contributed by atoms with Crippen LogP contribution < -0.4 is 5.48 Å². The Kier molecular flexibility index (Phi) is 3.48. The van der Waals surface area contributed by atoms with E-state index in [1.165, 1.54) is 17.4 Å². The first-order valence-electron chi connectivity index (χ1n) is 4.78. The molecule has 1 aromatic carbocycles. The molecule has 0 saturated carbocycles. The van der Waals surface area contributed by atoms with Crippen LogP contribution in [0.25, 0.3) is 10.2 Å². The van der Waals surface area contributed by atoms with Crippen molar-refractivity contribution in [3.63, 3.8) is 0 Å². The first-order valence-corrected chi connectivity index (χ1v) is 5.66. The first kappa shape index (κ1) is 12.8. The molecule has 18 heavy (non-hydrogen) atoms. The van der Waals surface area contributed by atoms with E-state index in [0.717, 1.165) is 10.2 Å². The molecular weight excluding hydrogens is 269 g/mol. The first-order chi connectivity index (χ1) is 8.46. The quantitative estimate of drug-likeness (QED) is 0.876. The second kappa shape index (κ2) is 4.91. The van der Waals surface area contributed by atoms with Crippen molar-refractivity contribution in [2.24, 2.45) is 0 Å². The molecule has 8 heteroatoms. The van der Waals surface area contributed by atoms with Crippen molar-refractivity contribution in [3.05, 3.63) is 29.3 Å². The number of hydrogen-bond acceptors (Lipinski definition) is 4. The topological polar surface area (TPSA) is 51.2 Å². The number of carbonyl (C=O) groups is 1. The maximum atomic E-state index is 11.8. The summed E-state index contributed by atoms with van der Waals surface area (Å²) in [6, 6.07) is 4.62. The molecule has 1 heterocycles. The Morgan fingerprint density at radius 3 is 2.94 bits per heavy atom. The van der Waals surface area contributed by atoms with Crippen molar-refractivity contribution in [3.8, 4) is 0 Å². The zero-order valence-corrected chi connectivity index (χ0v) is 9.64. The molecular formula is C10H7F3N2O2S. The van der Waals surface area contributed by atoms with Gasteiger partial charge in [-0.15, -0.1) is 11.3 Å². The Morgan fingerprint density at radius 1 is 1.44 bits per heavy atom. The van der Waals surface area contributed by atoms with Gasteiger partial charge in [-0.25, -0.2) is 10.5 Å². The Morgan fingerprint density at radius 2 is 2.22 bits per heavy atom. The Balaban J connectivity index is 2.00. The van der Waals surface area contributed by atoms with Gasteiger partial charge < -0.3 is 0 Å². The summed E-state index contributed by atoms with van der Waals surface area (Å²) in [5.74, 6) is -0.727. The zero-order chi connectivity index (χ0) is 13.2. The van der Waals surface area contributed by atoms with Crippen molar-refractivity contribution in [1.82, 2.24) is 10.5 Å². The number of hydrogen-bond donors (Lipinski definition) is 1. The average Bonchev–Trinajstić information content (AvgIpc) is 2.73. The number of carbonyl (C=O) groups excluding carboxylic acids is 1. The molecule has 0 aliphatic heterocycles. The van der Waals surface area contributed by atoms with Crippen molar-refractivity contribution in [2.75, 3.05) is 6.61 Å². The van der Waals surface area contributed by atoms with E-state index in [1.54, 1.807) is 23.1 Å². The normalized spacial score (nSPS) is 11.7. The molecule has 1 amide bonds. The summed E-state index contributed by atoms with van der Waals surface area (Å²) in [6.07, 6.45) is -4.48. The van der Waals surface area contributed by atoms with Gasteiger partial charge in [-0.05, 0) is 18.2 Å². The number of amides is 1. The van der Waals surface area contributed by atoms with E-state index >= 15 is 0 Å². The highest BCUT2D eigenvalue weighted by Gasteiger charge is 2.28. The van der Waals surface area contributed by atoms with E-state index in [-0.39, 0.29) is 5.56 Å². The molecule has 4 nitrogen and oxygen atoms in total. The van der Waals surface area contributed by atoms with Gasteiger partial charge in [0.15, 0.2) is 6.61 Å². The highest BCUT2D eigenvalue weighted by molar-refractivity contribution is 7.16.